The average Bonchev–Trinajstić information content (AvgIpc) is 2.70. The van der Waals surface area contributed by atoms with E-state index < -0.39 is 22.9 Å². The van der Waals surface area contributed by atoms with Gasteiger partial charge in [0.15, 0.2) is 0 Å². The number of piperidine rings is 1. The zero-order chi connectivity index (χ0) is 22.3. The van der Waals surface area contributed by atoms with Crippen LogP contribution in [0.15, 0.2) is 45.6 Å². The van der Waals surface area contributed by atoms with E-state index in [0.717, 1.165) is 25.8 Å². The lowest BCUT2D eigenvalue weighted by Gasteiger charge is -2.33. The molecule has 4 nitrogen and oxygen atoms in total. The van der Waals surface area contributed by atoms with Crippen molar-refractivity contribution in [3.05, 3.63) is 63.0 Å². The predicted molar refractivity (Wildman–Crippen MR) is 113 cm³/mol. The number of rotatable bonds is 3. The molecular weight excluding hydrogens is 431 g/mol. The molecule has 2 aromatic carbocycles. The quantitative estimate of drug-likeness (QED) is 0.514. The molecule has 2 heterocycles. The van der Waals surface area contributed by atoms with Crippen molar-refractivity contribution in [2.75, 3.05) is 6.54 Å². The van der Waals surface area contributed by atoms with E-state index in [1.165, 1.54) is 36.4 Å². The Bertz CT molecular complexity index is 1190. The minimum atomic E-state index is -4.91. The van der Waals surface area contributed by atoms with E-state index in [-0.39, 0.29) is 45.5 Å². The van der Waals surface area contributed by atoms with Gasteiger partial charge in [-0.3, -0.25) is 9.69 Å². The highest BCUT2D eigenvalue weighted by Crippen LogP contribution is 2.40. The van der Waals surface area contributed by atoms with Gasteiger partial charge >= 0.3 is 6.18 Å². The number of phenols is 1. The van der Waals surface area contributed by atoms with Crippen LogP contribution in [-0.2, 0) is 12.7 Å². The number of halogens is 4. The molecule has 1 N–H and O–H groups in total. The third kappa shape index (κ3) is 4.16. The molecule has 0 bridgehead atoms. The summed E-state index contributed by atoms with van der Waals surface area (Å²) in [6.45, 7) is 2.99. The number of likely N-dealkylation sites (tertiary alicyclic amines) is 1. The normalized spacial score (nSPS) is 17.9. The first-order chi connectivity index (χ1) is 14.7. The zero-order valence-electron chi connectivity index (χ0n) is 16.8. The van der Waals surface area contributed by atoms with Crippen molar-refractivity contribution < 1.29 is 22.7 Å². The summed E-state index contributed by atoms with van der Waals surface area (Å²) in [7, 11) is 0. The van der Waals surface area contributed by atoms with Gasteiger partial charge in [-0.15, -0.1) is 0 Å². The minimum Gasteiger partial charge on any atom is -0.507 e. The Kier molecular flexibility index (Phi) is 5.75. The van der Waals surface area contributed by atoms with Crippen LogP contribution in [0.3, 0.4) is 0 Å². The highest BCUT2D eigenvalue weighted by molar-refractivity contribution is 6.30. The first-order valence-electron chi connectivity index (χ1n) is 10.1. The number of hydrogen-bond acceptors (Lipinski definition) is 4. The minimum absolute atomic E-state index is 0.0135. The maximum absolute atomic E-state index is 14.0. The fourth-order valence-corrected chi connectivity index (χ4v) is 4.35. The first kappa shape index (κ1) is 21.7. The Morgan fingerprint density at radius 3 is 2.68 bits per heavy atom. The average molecular weight is 452 g/mol. The van der Waals surface area contributed by atoms with Gasteiger partial charge in [0, 0.05) is 17.6 Å². The maximum atomic E-state index is 14.0. The van der Waals surface area contributed by atoms with Crippen molar-refractivity contribution in [2.45, 2.75) is 44.9 Å². The maximum Gasteiger partial charge on any atom is 0.450 e. The molecule has 1 aromatic heterocycles. The van der Waals surface area contributed by atoms with Crippen molar-refractivity contribution in [3.63, 3.8) is 0 Å². The fraction of sp³-hybridized carbons (Fsp3) is 0.348. The lowest BCUT2D eigenvalue weighted by atomic mass is 9.99. The van der Waals surface area contributed by atoms with Gasteiger partial charge in [-0.05, 0) is 56.1 Å². The summed E-state index contributed by atoms with van der Waals surface area (Å²) in [4.78, 5) is 15.3. The van der Waals surface area contributed by atoms with E-state index in [0.29, 0.717) is 0 Å². The van der Waals surface area contributed by atoms with Gasteiger partial charge < -0.3 is 9.52 Å². The Hall–Kier alpha value is -2.51. The van der Waals surface area contributed by atoms with Crippen LogP contribution in [0, 0.1) is 0 Å². The molecule has 1 aliphatic heterocycles. The Balaban J connectivity index is 1.97. The van der Waals surface area contributed by atoms with Crippen LogP contribution in [0.1, 0.15) is 37.5 Å². The smallest absolute Gasteiger partial charge is 0.450 e. The Labute approximate surface area is 181 Å². The summed E-state index contributed by atoms with van der Waals surface area (Å²) in [5, 5.41) is 10.6. The lowest BCUT2D eigenvalue weighted by Crippen LogP contribution is -2.36. The van der Waals surface area contributed by atoms with Crippen LogP contribution >= 0.6 is 11.6 Å². The number of phenolic OH excluding ortho intramolecular Hbond substituents is 1. The summed E-state index contributed by atoms with van der Waals surface area (Å²) in [6, 6.07) is 8.51. The number of fused-ring (bicyclic) bond motifs is 1. The van der Waals surface area contributed by atoms with Gasteiger partial charge in [0.2, 0.25) is 11.2 Å². The fourth-order valence-electron chi connectivity index (χ4n) is 4.16. The van der Waals surface area contributed by atoms with Gasteiger partial charge in [-0.1, -0.05) is 30.2 Å². The number of alkyl halides is 3. The summed E-state index contributed by atoms with van der Waals surface area (Å²) in [5.41, 5.74) is -1.43. The molecule has 1 atom stereocenters. The van der Waals surface area contributed by atoms with E-state index in [4.69, 9.17) is 16.0 Å². The van der Waals surface area contributed by atoms with Crippen molar-refractivity contribution in [3.8, 4) is 16.9 Å². The summed E-state index contributed by atoms with van der Waals surface area (Å²) < 4.78 is 47.2. The van der Waals surface area contributed by atoms with E-state index in [1.54, 1.807) is 0 Å². The van der Waals surface area contributed by atoms with Gasteiger partial charge in [-0.25, -0.2) is 0 Å². The molecule has 1 saturated heterocycles. The van der Waals surface area contributed by atoms with Gasteiger partial charge in [-0.2, -0.15) is 13.2 Å². The Morgan fingerprint density at radius 2 is 2.00 bits per heavy atom. The summed E-state index contributed by atoms with van der Waals surface area (Å²) in [6.07, 6.45) is -1.91. The topological polar surface area (TPSA) is 53.7 Å². The first-order valence-corrected chi connectivity index (χ1v) is 10.4. The van der Waals surface area contributed by atoms with Crippen LogP contribution in [-0.4, -0.2) is 22.6 Å². The van der Waals surface area contributed by atoms with E-state index in [2.05, 4.69) is 4.90 Å². The molecule has 3 aromatic rings. The van der Waals surface area contributed by atoms with Crippen LogP contribution < -0.4 is 5.43 Å². The van der Waals surface area contributed by atoms with E-state index in [9.17, 15) is 23.1 Å². The molecule has 0 unspecified atom stereocenters. The largest absolute Gasteiger partial charge is 0.507 e. The van der Waals surface area contributed by atoms with Gasteiger partial charge in [0.25, 0.3) is 0 Å². The van der Waals surface area contributed by atoms with Crippen molar-refractivity contribution >= 4 is 22.6 Å². The lowest BCUT2D eigenvalue weighted by molar-refractivity contribution is -0.152. The second kappa shape index (κ2) is 8.20. The van der Waals surface area contributed by atoms with Gasteiger partial charge in [0.1, 0.15) is 11.3 Å². The molecular formula is C23H21ClF3NO3. The number of hydrogen-bond donors (Lipinski definition) is 1. The molecule has 31 heavy (non-hydrogen) atoms. The van der Waals surface area contributed by atoms with E-state index in [1.807, 2.05) is 6.92 Å². The Morgan fingerprint density at radius 1 is 1.23 bits per heavy atom. The molecule has 8 heteroatoms. The second-order valence-electron chi connectivity index (χ2n) is 7.90. The summed E-state index contributed by atoms with van der Waals surface area (Å²) in [5.74, 6) is -1.59. The van der Waals surface area contributed by atoms with Gasteiger partial charge in [0.05, 0.1) is 16.5 Å². The van der Waals surface area contributed by atoms with Crippen molar-refractivity contribution in [1.82, 2.24) is 4.90 Å². The molecule has 4 rings (SSSR count). The third-order valence-electron chi connectivity index (χ3n) is 5.81. The number of nitrogens with zero attached hydrogens (tertiary/aromatic N) is 1. The second-order valence-corrected chi connectivity index (χ2v) is 8.34. The predicted octanol–water partition coefficient (Wildman–Crippen LogP) is 6.21. The third-order valence-corrected chi connectivity index (χ3v) is 6.05. The zero-order valence-corrected chi connectivity index (χ0v) is 17.6. The molecule has 0 amide bonds. The highest BCUT2D eigenvalue weighted by Gasteiger charge is 2.40. The molecule has 164 valence electrons. The number of benzene rings is 2. The van der Waals surface area contributed by atoms with Crippen LogP contribution in [0.5, 0.6) is 5.75 Å². The summed E-state index contributed by atoms with van der Waals surface area (Å²) >= 11 is 5.95. The highest BCUT2D eigenvalue weighted by atomic mass is 35.5. The SMILES string of the molecule is C[C@@H]1CCCCN1Cc1c(O)ccc2c(=O)c(-c3cccc(Cl)c3)c(C(F)(F)F)oc12. The molecule has 0 aliphatic carbocycles. The molecule has 0 saturated carbocycles. The molecule has 0 radical (unpaired) electrons. The molecule has 1 fully saturated rings. The van der Waals surface area contributed by atoms with Crippen LogP contribution in [0.2, 0.25) is 5.02 Å². The van der Waals surface area contributed by atoms with Crippen LogP contribution in [0.4, 0.5) is 13.2 Å². The van der Waals surface area contributed by atoms with E-state index >= 15 is 0 Å². The molecule has 0 spiro atoms. The van der Waals surface area contributed by atoms with Crippen LogP contribution in [0.25, 0.3) is 22.1 Å². The van der Waals surface area contributed by atoms with Crippen molar-refractivity contribution in [1.29, 1.82) is 0 Å². The number of aromatic hydroxyl groups is 1. The molecule has 1 aliphatic rings. The standard InChI is InChI=1S/C23H21ClF3NO3/c1-13-5-2-3-10-28(13)12-17-18(29)9-8-16-20(30)19(14-6-4-7-15(24)11-14)22(23(25,26)27)31-21(16)17/h4,6-9,11,13,29H,2-3,5,10,12H2,1H3/t13-/m1/s1. The monoisotopic (exact) mass is 451 g/mol. The van der Waals surface area contributed by atoms with Crippen molar-refractivity contribution in [2.24, 2.45) is 0 Å².